The predicted octanol–water partition coefficient (Wildman–Crippen LogP) is 8.84. The van der Waals surface area contributed by atoms with E-state index in [2.05, 4.69) is 38.5 Å². The molecular weight excluding hydrogens is 624 g/mol. The lowest BCUT2D eigenvalue weighted by molar-refractivity contribution is -0.574. The van der Waals surface area contributed by atoms with Gasteiger partial charge >= 0.3 is 30.8 Å². The number of hydrogen-bond acceptors (Lipinski definition) is 7. The fourth-order valence-corrected chi connectivity index (χ4v) is 4.12. The smallest absolute Gasteiger partial charge is 0.484 e. The van der Waals surface area contributed by atoms with Gasteiger partial charge in [0.05, 0.1) is 0 Å². The molecule has 0 saturated carbocycles. The lowest BCUT2D eigenvalue weighted by Gasteiger charge is -2.27. The molecule has 1 aromatic heterocycles. The third-order valence-corrected chi connectivity index (χ3v) is 6.11. The van der Waals surface area contributed by atoms with Gasteiger partial charge in [-0.25, -0.2) is 19.0 Å². The number of furan rings is 1. The number of hydrogen-bond donors (Lipinski definition) is 0. The van der Waals surface area contributed by atoms with Crippen molar-refractivity contribution in [2.45, 2.75) is 70.8 Å². The fraction of sp³-hybridized carbons (Fsp3) is 0.433. The molecule has 0 spiro atoms. The van der Waals surface area contributed by atoms with Crippen LogP contribution >= 0.6 is 0 Å². The molecule has 0 aliphatic rings. The van der Waals surface area contributed by atoms with Crippen molar-refractivity contribution in [2.24, 2.45) is 0 Å². The zero-order valence-corrected chi connectivity index (χ0v) is 24.2. The summed E-state index contributed by atoms with van der Waals surface area (Å²) in [5.74, 6) is -1.26. The van der Waals surface area contributed by atoms with Gasteiger partial charge in [-0.2, -0.15) is 17.6 Å². The Morgan fingerprint density at radius 2 is 1.51 bits per heavy atom. The van der Waals surface area contributed by atoms with Gasteiger partial charge in [0, 0.05) is 23.1 Å². The van der Waals surface area contributed by atoms with Crippen LogP contribution in [0.1, 0.15) is 44.2 Å². The van der Waals surface area contributed by atoms with Gasteiger partial charge in [0.25, 0.3) is 0 Å². The molecular formula is C30H30F8O7. The second kappa shape index (κ2) is 14.6. The van der Waals surface area contributed by atoms with Crippen LogP contribution < -0.4 is 4.74 Å². The highest BCUT2D eigenvalue weighted by Crippen LogP contribution is 2.38. The number of unbranched alkanes of at least 4 members (excludes halogenated alkanes) is 2. The first kappa shape index (κ1) is 35.8. The van der Waals surface area contributed by atoms with E-state index in [1.807, 2.05) is 19.1 Å². The first-order valence-electron chi connectivity index (χ1n) is 13.7. The fourth-order valence-electron chi connectivity index (χ4n) is 4.12. The molecule has 3 aromatic rings. The number of esters is 1. The summed E-state index contributed by atoms with van der Waals surface area (Å²) >= 11 is 0. The lowest BCUT2D eigenvalue weighted by atomic mass is 9.97. The predicted molar refractivity (Wildman–Crippen MR) is 144 cm³/mol. The van der Waals surface area contributed by atoms with Crippen LogP contribution in [0.3, 0.4) is 0 Å². The molecule has 0 N–H and O–H groups in total. The number of carbonyl (C=O) groups is 1. The third kappa shape index (κ3) is 11.0. The van der Waals surface area contributed by atoms with Gasteiger partial charge in [-0.3, -0.25) is 0 Å². The van der Waals surface area contributed by atoms with Crippen molar-refractivity contribution in [1.29, 1.82) is 0 Å². The minimum absolute atomic E-state index is 0.214. The second-order valence-electron chi connectivity index (χ2n) is 9.72. The number of carbonyl (C=O) groups excluding carboxylic acids is 1. The lowest BCUT2D eigenvalue weighted by Crippen LogP contribution is -2.46. The van der Waals surface area contributed by atoms with Crippen molar-refractivity contribution < 1.29 is 68.0 Å². The summed E-state index contributed by atoms with van der Waals surface area (Å²) in [5.41, 5.74) is 3.27. The maximum Gasteiger partial charge on any atom is 0.496 e. The number of ether oxygens (including phenoxy) is 5. The molecule has 0 aliphatic carbocycles. The number of rotatable bonds is 18. The van der Waals surface area contributed by atoms with Crippen LogP contribution in [0.5, 0.6) is 5.75 Å². The summed E-state index contributed by atoms with van der Waals surface area (Å²) in [6.07, 6.45) is -16.4. The normalized spacial score (nSPS) is 12.8. The Balaban J connectivity index is 1.64. The maximum atomic E-state index is 14.1. The molecule has 7 nitrogen and oxygen atoms in total. The summed E-state index contributed by atoms with van der Waals surface area (Å²) in [5, 5.41) is 0.577. The molecule has 0 radical (unpaired) electrons. The molecule has 248 valence electrons. The van der Waals surface area contributed by atoms with Crippen LogP contribution in [0.15, 0.2) is 59.5 Å². The van der Waals surface area contributed by atoms with E-state index >= 15 is 0 Å². The highest BCUT2D eigenvalue weighted by molar-refractivity contribution is 5.84. The SMILES string of the molecule is C=CC(=O)OCC(F)(F)OC(F)(F)OC(F)(F)OC(F)(F)COc1ccc2cc(-c3ccc(CCCCC)cc3CC)oc2c1. The van der Waals surface area contributed by atoms with Crippen molar-refractivity contribution in [1.82, 2.24) is 0 Å². The zero-order valence-electron chi connectivity index (χ0n) is 24.2. The Morgan fingerprint density at radius 1 is 0.844 bits per heavy atom. The largest absolute Gasteiger partial charge is 0.496 e. The first-order chi connectivity index (χ1) is 21.0. The van der Waals surface area contributed by atoms with Gasteiger partial charge in [-0.15, -0.1) is 17.6 Å². The summed E-state index contributed by atoms with van der Waals surface area (Å²) in [7, 11) is 0. The van der Waals surface area contributed by atoms with E-state index in [0.29, 0.717) is 17.2 Å². The zero-order chi connectivity index (χ0) is 33.5. The molecule has 15 heteroatoms. The summed E-state index contributed by atoms with van der Waals surface area (Å²) in [4.78, 5) is 10.8. The highest BCUT2D eigenvalue weighted by Gasteiger charge is 2.57. The molecule has 0 saturated heterocycles. The van der Waals surface area contributed by atoms with Crippen LogP contribution in [-0.2, 0) is 36.6 Å². The Hall–Kier alpha value is -3.69. The van der Waals surface area contributed by atoms with Crippen molar-refractivity contribution in [2.75, 3.05) is 13.2 Å². The molecule has 2 aromatic carbocycles. The monoisotopic (exact) mass is 654 g/mol. The molecule has 0 fully saturated rings. The van der Waals surface area contributed by atoms with Crippen molar-refractivity contribution in [3.8, 4) is 17.1 Å². The second-order valence-corrected chi connectivity index (χ2v) is 9.72. The molecule has 0 aliphatic heterocycles. The first-order valence-corrected chi connectivity index (χ1v) is 13.7. The summed E-state index contributed by atoms with van der Waals surface area (Å²) < 4.78 is 132. The van der Waals surface area contributed by atoms with Crippen LogP contribution in [0, 0.1) is 0 Å². The summed E-state index contributed by atoms with van der Waals surface area (Å²) in [6, 6.07) is 11.7. The Morgan fingerprint density at radius 3 is 2.13 bits per heavy atom. The van der Waals surface area contributed by atoms with Crippen molar-refractivity contribution in [3.63, 3.8) is 0 Å². The molecule has 0 unspecified atom stereocenters. The topological polar surface area (TPSA) is 76.4 Å². The average molecular weight is 655 g/mol. The maximum absolute atomic E-state index is 14.1. The van der Waals surface area contributed by atoms with Crippen LogP contribution in [0.25, 0.3) is 22.3 Å². The minimum atomic E-state index is -5.88. The van der Waals surface area contributed by atoms with Gasteiger partial charge in [-0.05, 0) is 48.6 Å². The Kier molecular flexibility index (Phi) is 11.6. The summed E-state index contributed by atoms with van der Waals surface area (Å²) in [6.45, 7) is 2.90. The standard InChI is InChI=1S/C30H30F8O7/c1-4-7-8-9-19-10-13-23(20(5-2)14-19)25-15-21-11-12-22(16-24(21)42-25)40-17-27(31,32)43-29(35,36)45-30(37,38)44-28(33,34)18-41-26(39)6-3/h6,10-16H,3-5,7-9,17-18H2,1-2H3. The third-order valence-electron chi connectivity index (χ3n) is 6.11. The van der Waals surface area contributed by atoms with Gasteiger partial charge in [0.1, 0.15) is 17.1 Å². The van der Waals surface area contributed by atoms with Gasteiger partial charge in [0.15, 0.2) is 13.2 Å². The highest BCUT2D eigenvalue weighted by atomic mass is 19.3. The minimum Gasteiger partial charge on any atom is -0.484 e. The Bertz CT molecular complexity index is 1460. The molecule has 1 heterocycles. The van der Waals surface area contributed by atoms with E-state index in [9.17, 15) is 39.9 Å². The number of alkyl halides is 8. The van der Waals surface area contributed by atoms with Crippen molar-refractivity contribution in [3.05, 3.63) is 66.2 Å². The Labute approximate surface area is 252 Å². The molecule has 45 heavy (non-hydrogen) atoms. The molecule has 0 amide bonds. The van der Waals surface area contributed by atoms with E-state index in [-0.39, 0.29) is 11.3 Å². The number of fused-ring (bicyclic) bond motifs is 1. The van der Waals surface area contributed by atoms with E-state index in [1.165, 1.54) is 23.8 Å². The van der Waals surface area contributed by atoms with Crippen LogP contribution in [-0.4, -0.2) is 44.0 Å². The quantitative estimate of drug-likeness (QED) is 0.0446. The number of halogens is 8. The van der Waals surface area contributed by atoms with E-state index < -0.39 is 44.0 Å². The van der Waals surface area contributed by atoms with E-state index in [4.69, 9.17) is 9.15 Å². The van der Waals surface area contributed by atoms with E-state index in [0.717, 1.165) is 43.2 Å². The van der Waals surface area contributed by atoms with Crippen molar-refractivity contribution >= 4 is 16.9 Å². The van der Waals surface area contributed by atoms with Gasteiger partial charge in [-0.1, -0.05) is 51.5 Å². The molecule has 3 rings (SSSR count). The molecule has 0 atom stereocenters. The van der Waals surface area contributed by atoms with Crippen LogP contribution in [0.4, 0.5) is 35.1 Å². The van der Waals surface area contributed by atoms with Crippen LogP contribution in [0.2, 0.25) is 0 Å². The van der Waals surface area contributed by atoms with Gasteiger partial charge < -0.3 is 13.9 Å². The number of aryl methyl sites for hydroxylation is 2. The average Bonchev–Trinajstić information content (AvgIpc) is 3.36. The number of benzene rings is 2. The van der Waals surface area contributed by atoms with E-state index in [1.54, 1.807) is 6.07 Å². The van der Waals surface area contributed by atoms with Gasteiger partial charge in [0.2, 0.25) is 0 Å². The molecule has 0 bridgehead atoms.